The van der Waals surface area contributed by atoms with Crippen molar-refractivity contribution in [1.29, 1.82) is 0 Å². The maximum atomic E-state index is 12.9. The molecule has 31 heavy (non-hydrogen) atoms. The fourth-order valence-corrected chi connectivity index (χ4v) is 3.28. The molecule has 0 fully saturated rings. The molecule has 1 aliphatic rings. The van der Waals surface area contributed by atoms with Gasteiger partial charge in [-0.15, -0.1) is 0 Å². The molecule has 7 nitrogen and oxygen atoms in total. The minimum atomic E-state index is -0.687. The van der Waals surface area contributed by atoms with Gasteiger partial charge < -0.3 is 14.8 Å². The molecular formula is C22H20Cl2N2O5. The van der Waals surface area contributed by atoms with E-state index in [-0.39, 0.29) is 16.4 Å². The van der Waals surface area contributed by atoms with Gasteiger partial charge in [0.1, 0.15) is 16.5 Å². The Labute approximate surface area is 189 Å². The molecule has 2 aromatic carbocycles. The van der Waals surface area contributed by atoms with Gasteiger partial charge in [0.15, 0.2) is 0 Å². The summed E-state index contributed by atoms with van der Waals surface area (Å²) in [4.78, 5) is 38.6. The summed E-state index contributed by atoms with van der Waals surface area (Å²) in [6.45, 7) is 2.33. The minimum Gasteiger partial charge on any atom is -0.495 e. The molecule has 3 rings (SSSR count). The lowest BCUT2D eigenvalue weighted by atomic mass is 10.2. The molecule has 0 aromatic heterocycles. The van der Waals surface area contributed by atoms with E-state index >= 15 is 0 Å². The molecule has 0 spiro atoms. The minimum absolute atomic E-state index is 0.102. The van der Waals surface area contributed by atoms with E-state index in [0.717, 1.165) is 17.7 Å². The lowest BCUT2D eigenvalue weighted by molar-refractivity contribution is -0.120. The monoisotopic (exact) mass is 462 g/mol. The van der Waals surface area contributed by atoms with E-state index < -0.39 is 17.8 Å². The van der Waals surface area contributed by atoms with Gasteiger partial charge in [-0.25, -0.2) is 9.69 Å². The second-order valence-corrected chi connectivity index (χ2v) is 7.46. The molecule has 2 aromatic rings. The standard InChI is InChI=1S/C22H20Cl2N2O5/c1-3-4-11-31-22(29)13-5-8-15(9-6-13)26-20(27)18(24)19(21(26)28)25-16-12-14(23)7-10-17(16)30-2/h5-10,12,25H,3-4,11H2,1-2H3. The summed E-state index contributed by atoms with van der Waals surface area (Å²) in [5.74, 6) is -1.37. The Morgan fingerprint density at radius 1 is 1.06 bits per heavy atom. The van der Waals surface area contributed by atoms with Crippen LogP contribution >= 0.6 is 23.2 Å². The zero-order chi connectivity index (χ0) is 22.5. The predicted octanol–water partition coefficient (Wildman–Crippen LogP) is 4.74. The molecule has 0 bridgehead atoms. The Kier molecular flexibility index (Phi) is 7.20. The van der Waals surface area contributed by atoms with Crippen molar-refractivity contribution >= 4 is 52.4 Å². The number of nitrogens with one attached hydrogen (secondary N) is 1. The van der Waals surface area contributed by atoms with Crippen molar-refractivity contribution in [2.75, 3.05) is 23.9 Å². The molecule has 0 radical (unpaired) electrons. The van der Waals surface area contributed by atoms with Crippen LogP contribution in [0.1, 0.15) is 30.1 Å². The third-order valence-corrected chi connectivity index (χ3v) is 5.13. The van der Waals surface area contributed by atoms with Crippen LogP contribution in [0.2, 0.25) is 5.02 Å². The Morgan fingerprint density at radius 3 is 2.42 bits per heavy atom. The Morgan fingerprint density at radius 2 is 1.77 bits per heavy atom. The number of imide groups is 1. The largest absolute Gasteiger partial charge is 0.495 e. The first-order valence-electron chi connectivity index (χ1n) is 9.53. The van der Waals surface area contributed by atoms with Crippen molar-refractivity contribution < 1.29 is 23.9 Å². The van der Waals surface area contributed by atoms with Crippen LogP contribution in [0.25, 0.3) is 0 Å². The van der Waals surface area contributed by atoms with Crippen LogP contribution in [0.3, 0.4) is 0 Å². The van der Waals surface area contributed by atoms with E-state index in [9.17, 15) is 14.4 Å². The quantitative estimate of drug-likeness (QED) is 0.346. The maximum Gasteiger partial charge on any atom is 0.338 e. The van der Waals surface area contributed by atoms with Crippen molar-refractivity contribution in [3.05, 3.63) is 63.8 Å². The number of methoxy groups -OCH3 is 1. The molecule has 1 heterocycles. The summed E-state index contributed by atoms with van der Waals surface area (Å²) in [5.41, 5.74) is 0.875. The van der Waals surface area contributed by atoms with Crippen LogP contribution in [0.4, 0.5) is 11.4 Å². The van der Waals surface area contributed by atoms with Gasteiger partial charge in [-0.05, 0) is 48.9 Å². The second-order valence-electron chi connectivity index (χ2n) is 6.64. The average molecular weight is 463 g/mol. The highest BCUT2D eigenvalue weighted by atomic mass is 35.5. The van der Waals surface area contributed by atoms with Crippen molar-refractivity contribution in [2.24, 2.45) is 0 Å². The number of nitrogens with zero attached hydrogens (tertiary/aromatic N) is 1. The molecule has 1 N–H and O–H groups in total. The van der Waals surface area contributed by atoms with E-state index in [4.69, 9.17) is 32.7 Å². The van der Waals surface area contributed by atoms with Gasteiger partial charge in [0.2, 0.25) is 0 Å². The van der Waals surface area contributed by atoms with Gasteiger partial charge >= 0.3 is 5.97 Å². The highest BCUT2D eigenvalue weighted by Crippen LogP contribution is 2.34. The predicted molar refractivity (Wildman–Crippen MR) is 119 cm³/mol. The van der Waals surface area contributed by atoms with Crippen molar-refractivity contribution in [3.8, 4) is 5.75 Å². The molecular weight excluding hydrogens is 443 g/mol. The molecule has 9 heteroatoms. The van der Waals surface area contributed by atoms with Crippen molar-refractivity contribution in [1.82, 2.24) is 0 Å². The molecule has 0 aliphatic carbocycles. The summed E-state index contributed by atoms with van der Waals surface area (Å²) in [6, 6.07) is 10.8. The van der Waals surface area contributed by atoms with E-state index in [1.807, 2.05) is 6.92 Å². The number of esters is 1. The van der Waals surface area contributed by atoms with Crippen LogP contribution in [-0.2, 0) is 14.3 Å². The Balaban J connectivity index is 1.80. The zero-order valence-electron chi connectivity index (χ0n) is 16.9. The summed E-state index contributed by atoms with van der Waals surface area (Å²) < 4.78 is 10.4. The summed E-state index contributed by atoms with van der Waals surface area (Å²) in [7, 11) is 1.47. The lowest BCUT2D eigenvalue weighted by Crippen LogP contribution is -2.32. The number of halogens is 2. The van der Waals surface area contributed by atoms with Crippen molar-refractivity contribution in [3.63, 3.8) is 0 Å². The number of rotatable bonds is 8. The van der Waals surface area contributed by atoms with Crippen LogP contribution in [0.15, 0.2) is 53.2 Å². The van der Waals surface area contributed by atoms with E-state index in [1.54, 1.807) is 18.2 Å². The van der Waals surface area contributed by atoms with Gasteiger partial charge in [-0.2, -0.15) is 0 Å². The number of amides is 2. The highest BCUT2D eigenvalue weighted by Gasteiger charge is 2.39. The van der Waals surface area contributed by atoms with Gasteiger partial charge in [0.25, 0.3) is 11.8 Å². The van der Waals surface area contributed by atoms with Crippen LogP contribution in [0, 0.1) is 0 Å². The summed E-state index contributed by atoms with van der Waals surface area (Å²) in [6.07, 6.45) is 1.69. The van der Waals surface area contributed by atoms with Crippen LogP contribution < -0.4 is 15.0 Å². The molecule has 0 saturated carbocycles. The summed E-state index contributed by atoms with van der Waals surface area (Å²) >= 11 is 12.2. The SMILES string of the molecule is CCCCOC(=O)c1ccc(N2C(=O)C(Cl)=C(Nc3cc(Cl)ccc3OC)C2=O)cc1. The molecule has 1 aliphatic heterocycles. The number of carbonyl (C=O) groups excluding carboxylic acids is 3. The average Bonchev–Trinajstić information content (AvgIpc) is 2.97. The first kappa shape index (κ1) is 22.7. The number of unbranched alkanes of at least 4 members (excludes halogenated alkanes) is 1. The molecule has 0 saturated heterocycles. The van der Waals surface area contributed by atoms with E-state index in [0.29, 0.717) is 28.6 Å². The number of ether oxygens (including phenoxy) is 2. The number of hydrogen-bond acceptors (Lipinski definition) is 6. The topological polar surface area (TPSA) is 84.9 Å². The van der Waals surface area contributed by atoms with E-state index in [2.05, 4.69) is 5.32 Å². The fourth-order valence-electron chi connectivity index (χ4n) is 2.90. The van der Waals surface area contributed by atoms with Gasteiger partial charge in [0, 0.05) is 5.02 Å². The van der Waals surface area contributed by atoms with E-state index in [1.165, 1.54) is 31.4 Å². The van der Waals surface area contributed by atoms with Crippen molar-refractivity contribution in [2.45, 2.75) is 19.8 Å². The zero-order valence-corrected chi connectivity index (χ0v) is 18.4. The van der Waals surface area contributed by atoms with Gasteiger partial charge in [-0.1, -0.05) is 36.5 Å². The smallest absolute Gasteiger partial charge is 0.338 e. The number of carbonyl (C=O) groups is 3. The maximum absolute atomic E-state index is 12.9. The third kappa shape index (κ3) is 4.84. The number of benzene rings is 2. The molecule has 0 unspecified atom stereocenters. The molecule has 0 atom stereocenters. The normalized spacial score (nSPS) is 13.6. The van der Waals surface area contributed by atoms with Crippen LogP contribution in [0.5, 0.6) is 5.75 Å². The fraction of sp³-hybridized carbons (Fsp3) is 0.227. The third-order valence-electron chi connectivity index (χ3n) is 4.54. The molecule has 2 amide bonds. The highest BCUT2D eigenvalue weighted by molar-refractivity contribution is 6.53. The Bertz CT molecular complexity index is 1050. The summed E-state index contributed by atoms with van der Waals surface area (Å²) in [5, 5.41) is 2.98. The second kappa shape index (κ2) is 9.85. The molecule has 162 valence electrons. The van der Waals surface area contributed by atoms with Gasteiger partial charge in [-0.3, -0.25) is 9.59 Å². The lowest BCUT2D eigenvalue weighted by Gasteiger charge is -2.16. The number of anilines is 2. The first-order chi connectivity index (χ1) is 14.9. The van der Waals surface area contributed by atoms with Crippen LogP contribution in [-0.4, -0.2) is 31.5 Å². The Hall–Kier alpha value is -3.03. The number of hydrogen-bond donors (Lipinski definition) is 1. The first-order valence-corrected chi connectivity index (χ1v) is 10.3. The van der Waals surface area contributed by atoms with Gasteiger partial charge in [0.05, 0.1) is 30.7 Å².